The maximum absolute atomic E-state index is 11.7. The summed E-state index contributed by atoms with van der Waals surface area (Å²) in [6.45, 7) is 1.53. The molecule has 0 aromatic rings. The van der Waals surface area contributed by atoms with Gasteiger partial charge in [0.1, 0.15) is 5.78 Å². The average Bonchev–Trinajstić information content (AvgIpc) is 2.27. The first kappa shape index (κ1) is 17.2. The van der Waals surface area contributed by atoms with Gasteiger partial charge in [0.2, 0.25) is 5.91 Å². The molecule has 0 spiro atoms. The lowest BCUT2D eigenvalue weighted by molar-refractivity contribution is -0.122. The largest absolute Gasteiger partial charge is 0.349 e. The Labute approximate surface area is 120 Å². The predicted molar refractivity (Wildman–Crippen MR) is 81.6 cm³/mol. The van der Waals surface area contributed by atoms with Gasteiger partial charge in [-0.25, -0.2) is 0 Å². The van der Waals surface area contributed by atoms with Crippen molar-refractivity contribution in [2.75, 3.05) is 17.3 Å². The van der Waals surface area contributed by atoms with Gasteiger partial charge in [0, 0.05) is 24.3 Å². The van der Waals surface area contributed by atoms with Gasteiger partial charge in [0.05, 0.1) is 5.54 Å². The monoisotopic (exact) mass is 295 g/mol. The Morgan fingerprint density at radius 2 is 1.71 bits per heavy atom. The van der Waals surface area contributed by atoms with Crippen LogP contribution in [0.25, 0.3) is 0 Å². The van der Waals surface area contributed by atoms with E-state index in [1.165, 1.54) is 6.92 Å². The van der Waals surface area contributed by atoms with Crippen LogP contribution < -0.4 is 5.32 Å². The van der Waals surface area contributed by atoms with Gasteiger partial charge < -0.3 is 10.1 Å². The summed E-state index contributed by atoms with van der Waals surface area (Å²) < 4.78 is 0. The second-order valence-electron chi connectivity index (χ2n) is 4.17. The van der Waals surface area contributed by atoms with E-state index in [9.17, 15) is 9.59 Å². The van der Waals surface area contributed by atoms with E-state index in [0.717, 1.165) is 6.42 Å². The van der Waals surface area contributed by atoms with Crippen LogP contribution in [0.15, 0.2) is 0 Å². The van der Waals surface area contributed by atoms with Gasteiger partial charge >= 0.3 is 0 Å². The minimum absolute atomic E-state index is 0.0452. The molecule has 100 valence electrons. The van der Waals surface area contributed by atoms with Crippen molar-refractivity contribution >= 4 is 49.6 Å². The molecule has 0 aliphatic rings. The van der Waals surface area contributed by atoms with Crippen LogP contribution in [0.2, 0.25) is 0 Å². The van der Waals surface area contributed by atoms with Crippen LogP contribution >= 0.6 is 37.9 Å². The Kier molecular flexibility index (Phi) is 9.27. The highest BCUT2D eigenvalue weighted by Gasteiger charge is 2.27. The second kappa shape index (κ2) is 9.16. The van der Waals surface area contributed by atoms with E-state index < -0.39 is 0 Å². The zero-order valence-corrected chi connectivity index (χ0v) is 12.8. The van der Waals surface area contributed by atoms with Gasteiger partial charge in [0.15, 0.2) is 0 Å². The Balaban J connectivity index is 4.16. The van der Waals surface area contributed by atoms with Crippen LogP contribution in [0.4, 0.5) is 0 Å². The second-order valence-corrected chi connectivity index (χ2v) is 5.25. The van der Waals surface area contributed by atoms with Crippen LogP contribution in [0.3, 0.4) is 0 Å². The summed E-state index contributed by atoms with van der Waals surface area (Å²) in [5, 5.41) is 2.95. The molecule has 3 nitrogen and oxygen atoms in total. The van der Waals surface area contributed by atoms with Crippen molar-refractivity contribution in [3.63, 3.8) is 0 Å². The standard InChI is InChI=1S/C11H21NO2S3/c1-9(13)3-2-4-10(14)12-11(7-16,8-17)5-6-15/h15-17H,2-8H2,1H3,(H,12,14). The molecule has 0 aliphatic heterocycles. The minimum atomic E-state index is -0.388. The molecule has 6 heteroatoms. The van der Waals surface area contributed by atoms with Crippen molar-refractivity contribution in [2.24, 2.45) is 0 Å². The number of ketones is 1. The van der Waals surface area contributed by atoms with E-state index >= 15 is 0 Å². The number of carbonyl (C=O) groups excluding carboxylic acids is 2. The number of hydrogen-bond acceptors (Lipinski definition) is 5. The number of carbonyl (C=O) groups is 2. The fraction of sp³-hybridized carbons (Fsp3) is 0.818. The Hall–Kier alpha value is 0.190. The van der Waals surface area contributed by atoms with Crippen LogP contribution in [0.1, 0.15) is 32.6 Å². The van der Waals surface area contributed by atoms with E-state index in [2.05, 4.69) is 43.2 Å². The number of Topliss-reactive ketones (excluding diaryl/α,β-unsaturated/α-hetero) is 1. The number of hydrogen-bond donors (Lipinski definition) is 4. The van der Waals surface area contributed by atoms with Crippen molar-refractivity contribution in [2.45, 2.75) is 38.1 Å². The van der Waals surface area contributed by atoms with Gasteiger partial charge in [-0.3, -0.25) is 4.79 Å². The molecule has 0 aromatic heterocycles. The van der Waals surface area contributed by atoms with Crippen LogP contribution in [0.5, 0.6) is 0 Å². The third-order valence-corrected chi connectivity index (χ3v) is 3.97. The van der Waals surface area contributed by atoms with Crippen molar-refractivity contribution in [1.29, 1.82) is 0 Å². The molecule has 0 aromatic carbocycles. The number of rotatable bonds is 9. The number of nitrogens with one attached hydrogen (secondary N) is 1. The molecule has 0 fully saturated rings. The van der Waals surface area contributed by atoms with Crippen molar-refractivity contribution in [3.8, 4) is 0 Å². The third kappa shape index (κ3) is 7.26. The quantitative estimate of drug-likeness (QED) is 0.490. The summed E-state index contributed by atoms with van der Waals surface area (Å²) in [6, 6.07) is 0. The lowest BCUT2D eigenvalue weighted by atomic mass is 10.0. The molecule has 0 saturated carbocycles. The molecule has 0 aliphatic carbocycles. The molecule has 0 atom stereocenters. The summed E-state index contributed by atoms with van der Waals surface area (Å²) in [5.74, 6) is 1.82. The summed E-state index contributed by atoms with van der Waals surface area (Å²) in [6.07, 6.45) is 2.16. The predicted octanol–water partition coefficient (Wildman–Crippen LogP) is 1.78. The fourth-order valence-corrected chi connectivity index (χ4v) is 2.72. The lowest BCUT2D eigenvalue weighted by Crippen LogP contribution is -2.52. The molecule has 0 unspecified atom stereocenters. The Morgan fingerprint density at radius 1 is 1.12 bits per heavy atom. The first-order valence-electron chi connectivity index (χ1n) is 5.62. The van der Waals surface area contributed by atoms with Gasteiger partial charge in [-0.2, -0.15) is 37.9 Å². The highest BCUT2D eigenvalue weighted by molar-refractivity contribution is 7.81. The summed E-state index contributed by atoms with van der Waals surface area (Å²) in [4.78, 5) is 22.5. The maximum Gasteiger partial charge on any atom is 0.220 e. The molecule has 1 N–H and O–H groups in total. The molecule has 0 rings (SSSR count). The molecular weight excluding hydrogens is 274 g/mol. The zero-order valence-electron chi connectivity index (χ0n) is 10.1. The van der Waals surface area contributed by atoms with Crippen molar-refractivity contribution in [3.05, 3.63) is 0 Å². The highest BCUT2D eigenvalue weighted by atomic mass is 32.1. The van der Waals surface area contributed by atoms with Crippen molar-refractivity contribution in [1.82, 2.24) is 5.32 Å². The van der Waals surface area contributed by atoms with Gasteiger partial charge in [-0.05, 0) is 25.5 Å². The zero-order chi connectivity index (χ0) is 13.3. The first-order chi connectivity index (χ1) is 7.99. The highest BCUT2D eigenvalue weighted by Crippen LogP contribution is 2.16. The van der Waals surface area contributed by atoms with E-state index in [1.54, 1.807) is 0 Å². The number of amides is 1. The fourth-order valence-electron chi connectivity index (χ4n) is 1.42. The first-order valence-corrected chi connectivity index (χ1v) is 7.52. The topological polar surface area (TPSA) is 46.2 Å². The SMILES string of the molecule is CC(=O)CCCC(=O)NC(CS)(CS)CCS. The van der Waals surface area contributed by atoms with E-state index in [0.29, 0.717) is 36.5 Å². The van der Waals surface area contributed by atoms with E-state index in [-0.39, 0.29) is 17.2 Å². The van der Waals surface area contributed by atoms with E-state index in [4.69, 9.17) is 0 Å². The average molecular weight is 295 g/mol. The molecule has 17 heavy (non-hydrogen) atoms. The smallest absolute Gasteiger partial charge is 0.220 e. The lowest BCUT2D eigenvalue weighted by Gasteiger charge is -2.31. The molecule has 0 saturated heterocycles. The van der Waals surface area contributed by atoms with Crippen LogP contribution in [-0.2, 0) is 9.59 Å². The molecule has 0 bridgehead atoms. The Bertz CT molecular complexity index is 255. The molecule has 0 heterocycles. The maximum atomic E-state index is 11.7. The Morgan fingerprint density at radius 3 is 2.12 bits per heavy atom. The third-order valence-electron chi connectivity index (χ3n) is 2.53. The van der Waals surface area contributed by atoms with E-state index in [1.807, 2.05) is 0 Å². The normalized spacial score (nSPS) is 11.3. The van der Waals surface area contributed by atoms with Gasteiger partial charge in [0.25, 0.3) is 0 Å². The summed E-state index contributed by atoms with van der Waals surface area (Å²) >= 11 is 12.7. The van der Waals surface area contributed by atoms with Crippen LogP contribution in [-0.4, -0.2) is 34.5 Å². The van der Waals surface area contributed by atoms with Crippen LogP contribution in [0, 0.1) is 0 Å². The van der Waals surface area contributed by atoms with Crippen molar-refractivity contribution < 1.29 is 9.59 Å². The van der Waals surface area contributed by atoms with Gasteiger partial charge in [-0.1, -0.05) is 0 Å². The molecular formula is C11H21NO2S3. The summed E-state index contributed by atoms with van der Waals surface area (Å²) in [7, 11) is 0. The number of thiol groups is 3. The summed E-state index contributed by atoms with van der Waals surface area (Å²) in [5.41, 5.74) is -0.388. The minimum Gasteiger partial charge on any atom is -0.349 e. The molecule has 0 radical (unpaired) electrons. The molecule has 1 amide bonds. The van der Waals surface area contributed by atoms with Gasteiger partial charge in [-0.15, -0.1) is 0 Å².